The fourth-order valence-corrected chi connectivity index (χ4v) is 1.22. The van der Waals surface area contributed by atoms with E-state index in [2.05, 4.69) is 10.6 Å². The number of rotatable bonds is 14. The summed E-state index contributed by atoms with van der Waals surface area (Å²) in [4.78, 5) is 10.6. The van der Waals surface area contributed by atoms with Crippen molar-refractivity contribution >= 4 is 5.91 Å². The predicted molar refractivity (Wildman–Crippen MR) is 73.1 cm³/mol. The van der Waals surface area contributed by atoms with Gasteiger partial charge in [-0.15, -0.1) is 0 Å². The van der Waals surface area contributed by atoms with Crippen LogP contribution in [0.25, 0.3) is 0 Å². The maximum absolute atomic E-state index is 10.6. The van der Waals surface area contributed by atoms with Crippen LogP contribution in [0.3, 0.4) is 0 Å². The summed E-state index contributed by atoms with van der Waals surface area (Å²) < 4.78 is 15.8. The van der Waals surface area contributed by atoms with E-state index in [0.717, 1.165) is 13.1 Å². The standard InChI is InChI=1S/C12H27N3O4/c1-12(16)15-5-9-18-7-3-14-4-8-19-11-10-17-6-2-13/h14H,2-11,13H2,1H3,(H,15,16). The van der Waals surface area contributed by atoms with Gasteiger partial charge in [0, 0.05) is 33.1 Å². The predicted octanol–water partition coefficient (Wildman–Crippen LogP) is -1.28. The molecule has 114 valence electrons. The lowest BCUT2D eigenvalue weighted by Gasteiger charge is -2.07. The molecule has 0 aromatic rings. The lowest BCUT2D eigenvalue weighted by atomic mass is 10.6. The molecule has 0 unspecified atom stereocenters. The van der Waals surface area contributed by atoms with Crippen LogP contribution in [0.1, 0.15) is 6.92 Å². The fourth-order valence-electron chi connectivity index (χ4n) is 1.22. The first kappa shape index (κ1) is 18.3. The quantitative estimate of drug-likeness (QED) is 0.342. The topological polar surface area (TPSA) is 94.8 Å². The molecular weight excluding hydrogens is 250 g/mol. The third-order valence-electron chi connectivity index (χ3n) is 2.10. The summed E-state index contributed by atoms with van der Waals surface area (Å²) in [5.41, 5.74) is 5.27. The SMILES string of the molecule is CC(=O)NCCOCCNCCOCCOCCN. The summed E-state index contributed by atoms with van der Waals surface area (Å²) in [6.07, 6.45) is 0. The van der Waals surface area contributed by atoms with E-state index in [9.17, 15) is 4.79 Å². The van der Waals surface area contributed by atoms with Gasteiger partial charge >= 0.3 is 0 Å². The van der Waals surface area contributed by atoms with Crippen LogP contribution in [0.2, 0.25) is 0 Å². The minimum atomic E-state index is -0.0330. The molecule has 0 aliphatic carbocycles. The van der Waals surface area contributed by atoms with Crippen LogP contribution < -0.4 is 16.4 Å². The smallest absolute Gasteiger partial charge is 0.216 e. The summed E-state index contributed by atoms with van der Waals surface area (Å²) in [6, 6.07) is 0. The molecule has 0 atom stereocenters. The summed E-state index contributed by atoms with van der Waals surface area (Å²) in [7, 11) is 0. The molecule has 0 saturated heterocycles. The van der Waals surface area contributed by atoms with Crippen LogP contribution in [-0.2, 0) is 19.0 Å². The molecule has 0 saturated carbocycles. The van der Waals surface area contributed by atoms with Gasteiger partial charge in [-0.1, -0.05) is 0 Å². The molecular formula is C12H27N3O4. The molecule has 0 aliphatic heterocycles. The first-order valence-electron chi connectivity index (χ1n) is 6.66. The number of ether oxygens (including phenoxy) is 3. The third kappa shape index (κ3) is 17.3. The fraction of sp³-hybridized carbons (Fsp3) is 0.917. The lowest BCUT2D eigenvalue weighted by molar-refractivity contribution is -0.119. The second-order valence-corrected chi connectivity index (χ2v) is 3.86. The number of hydrogen-bond acceptors (Lipinski definition) is 6. The Bertz CT molecular complexity index is 205. The van der Waals surface area contributed by atoms with Crippen molar-refractivity contribution < 1.29 is 19.0 Å². The molecule has 7 heteroatoms. The van der Waals surface area contributed by atoms with E-state index in [1.165, 1.54) is 6.92 Å². The van der Waals surface area contributed by atoms with Crippen molar-refractivity contribution in [3.63, 3.8) is 0 Å². The Morgan fingerprint density at radius 2 is 1.42 bits per heavy atom. The molecule has 7 nitrogen and oxygen atoms in total. The van der Waals surface area contributed by atoms with E-state index in [1.807, 2.05) is 0 Å². The first-order chi connectivity index (χ1) is 9.27. The second kappa shape index (κ2) is 15.3. The maximum Gasteiger partial charge on any atom is 0.216 e. The van der Waals surface area contributed by atoms with Crippen molar-refractivity contribution in [2.75, 3.05) is 65.8 Å². The molecule has 0 aromatic carbocycles. The van der Waals surface area contributed by atoms with E-state index in [-0.39, 0.29) is 5.91 Å². The molecule has 0 heterocycles. The molecule has 0 bridgehead atoms. The van der Waals surface area contributed by atoms with E-state index in [4.69, 9.17) is 19.9 Å². The minimum Gasteiger partial charge on any atom is -0.378 e. The Hall–Kier alpha value is -0.730. The normalized spacial score (nSPS) is 10.6. The molecule has 4 N–H and O–H groups in total. The zero-order valence-electron chi connectivity index (χ0n) is 11.8. The first-order valence-corrected chi connectivity index (χ1v) is 6.66. The van der Waals surface area contributed by atoms with Gasteiger partial charge < -0.3 is 30.6 Å². The van der Waals surface area contributed by atoms with E-state index < -0.39 is 0 Å². The van der Waals surface area contributed by atoms with Crippen LogP contribution >= 0.6 is 0 Å². The zero-order valence-corrected chi connectivity index (χ0v) is 11.8. The van der Waals surface area contributed by atoms with Crippen molar-refractivity contribution in [3.8, 4) is 0 Å². The third-order valence-corrected chi connectivity index (χ3v) is 2.10. The highest BCUT2D eigenvalue weighted by molar-refractivity contribution is 5.72. The maximum atomic E-state index is 10.6. The number of carbonyl (C=O) groups excluding carboxylic acids is 1. The van der Waals surface area contributed by atoms with Gasteiger partial charge in [0.25, 0.3) is 0 Å². The molecule has 0 spiro atoms. The van der Waals surface area contributed by atoms with Crippen molar-refractivity contribution in [1.82, 2.24) is 10.6 Å². The molecule has 0 aliphatic rings. The number of nitrogens with one attached hydrogen (secondary N) is 2. The molecule has 0 radical (unpaired) electrons. The number of hydrogen-bond donors (Lipinski definition) is 3. The van der Waals surface area contributed by atoms with Gasteiger partial charge in [-0.25, -0.2) is 0 Å². The van der Waals surface area contributed by atoms with Gasteiger partial charge in [0.2, 0.25) is 5.91 Å². The highest BCUT2D eigenvalue weighted by atomic mass is 16.5. The summed E-state index contributed by atoms with van der Waals surface area (Å²) >= 11 is 0. The van der Waals surface area contributed by atoms with Crippen molar-refractivity contribution in [2.45, 2.75) is 6.92 Å². The molecule has 0 fully saturated rings. The van der Waals surface area contributed by atoms with Gasteiger partial charge in [0.15, 0.2) is 0 Å². The Morgan fingerprint density at radius 1 is 0.895 bits per heavy atom. The molecule has 0 rings (SSSR count). The summed E-state index contributed by atoms with van der Waals surface area (Å²) in [6.45, 7) is 7.72. The van der Waals surface area contributed by atoms with Crippen LogP contribution in [0.5, 0.6) is 0 Å². The van der Waals surface area contributed by atoms with E-state index >= 15 is 0 Å². The van der Waals surface area contributed by atoms with Gasteiger partial charge in [-0.3, -0.25) is 4.79 Å². The van der Waals surface area contributed by atoms with E-state index in [1.54, 1.807) is 0 Å². The average molecular weight is 277 g/mol. The zero-order chi connectivity index (χ0) is 14.2. The van der Waals surface area contributed by atoms with Crippen molar-refractivity contribution in [3.05, 3.63) is 0 Å². The van der Waals surface area contributed by atoms with Gasteiger partial charge in [-0.2, -0.15) is 0 Å². The molecule has 0 aromatic heterocycles. The van der Waals surface area contributed by atoms with Crippen molar-refractivity contribution in [2.24, 2.45) is 5.73 Å². The Morgan fingerprint density at radius 3 is 2.00 bits per heavy atom. The van der Waals surface area contributed by atoms with Crippen LogP contribution in [0, 0.1) is 0 Å². The van der Waals surface area contributed by atoms with Crippen molar-refractivity contribution in [1.29, 1.82) is 0 Å². The highest BCUT2D eigenvalue weighted by Gasteiger charge is 1.92. The lowest BCUT2D eigenvalue weighted by Crippen LogP contribution is -2.27. The van der Waals surface area contributed by atoms with Gasteiger partial charge in [-0.05, 0) is 0 Å². The second-order valence-electron chi connectivity index (χ2n) is 3.86. The van der Waals surface area contributed by atoms with Gasteiger partial charge in [0.1, 0.15) is 0 Å². The molecule has 1 amide bonds. The number of carbonyl (C=O) groups is 1. The minimum absolute atomic E-state index is 0.0330. The van der Waals surface area contributed by atoms with E-state index in [0.29, 0.717) is 52.7 Å². The monoisotopic (exact) mass is 277 g/mol. The molecule has 19 heavy (non-hydrogen) atoms. The van der Waals surface area contributed by atoms with Crippen LogP contribution in [-0.4, -0.2) is 71.7 Å². The van der Waals surface area contributed by atoms with Crippen LogP contribution in [0.15, 0.2) is 0 Å². The van der Waals surface area contributed by atoms with Gasteiger partial charge in [0.05, 0.1) is 39.6 Å². The Balaban J connectivity index is 2.93. The Kier molecular flexibility index (Phi) is 14.7. The van der Waals surface area contributed by atoms with Crippen LogP contribution in [0.4, 0.5) is 0 Å². The largest absolute Gasteiger partial charge is 0.378 e. The highest BCUT2D eigenvalue weighted by Crippen LogP contribution is 1.78. The average Bonchev–Trinajstić information content (AvgIpc) is 2.39. The Labute approximate surface area is 115 Å². The number of amides is 1. The summed E-state index contributed by atoms with van der Waals surface area (Å²) in [5, 5.41) is 5.85. The number of nitrogens with two attached hydrogens (primary N) is 1. The summed E-state index contributed by atoms with van der Waals surface area (Å²) in [5.74, 6) is -0.0330.